The van der Waals surface area contributed by atoms with Crippen molar-refractivity contribution in [2.75, 3.05) is 0 Å². The van der Waals surface area contributed by atoms with Crippen molar-refractivity contribution in [3.8, 4) is 0 Å². The van der Waals surface area contributed by atoms with Crippen LogP contribution in [-0.4, -0.2) is 17.8 Å². The smallest absolute Gasteiger partial charge is 0.0342 e. The number of fused-ring (bicyclic) bond motifs is 3. The first-order valence-electron chi connectivity index (χ1n) is 5.21. The molecule has 0 aromatic heterocycles. The normalized spacial score (nSPS) is 43.9. The molecule has 0 spiro atoms. The van der Waals surface area contributed by atoms with Crippen molar-refractivity contribution >= 4 is 5.71 Å². The second-order valence-corrected chi connectivity index (χ2v) is 4.25. The molecule has 0 aromatic rings. The molecule has 2 nitrogen and oxygen atoms in total. The van der Waals surface area contributed by atoms with Gasteiger partial charge in [0.25, 0.3) is 0 Å². The fourth-order valence-electron chi connectivity index (χ4n) is 2.80. The Morgan fingerprint density at radius 3 is 2.93 bits per heavy atom. The van der Waals surface area contributed by atoms with Gasteiger partial charge in [-0.3, -0.25) is 0 Å². The van der Waals surface area contributed by atoms with Gasteiger partial charge in [0.1, 0.15) is 0 Å². The molecule has 0 aromatic carbocycles. The predicted octanol–water partition coefficient (Wildman–Crippen LogP) is 1.66. The van der Waals surface area contributed by atoms with Crippen LogP contribution in [0.2, 0.25) is 0 Å². The van der Waals surface area contributed by atoms with Gasteiger partial charge >= 0.3 is 0 Å². The zero-order valence-electron chi connectivity index (χ0n) is 7.98. The summed E-state index contributed by atoms with van der Waals surface area (Å²) >= 11 is 0. The lowest BCUT2D eigenvalue weighted by Crippen LogP contribution is -2.33. The second-order valence-electron chi connectivity index (χ2n) is 4.25. The zero-order valence-corrected chi connectivity index (χ0v) is 7.98. The molecule has 0 radical (unpaired) electrons. The third-order valence-corrected chi connectivity index (χ3v) is 3.45. The van der Waals surface area contributed by atoms with Gasteiger partial charge in [0.2, 0.25) is 0 Å². The van der Waals surface area contributed by atoms with E-state index < -0.39 is 0 Å². The summed E-state index contributed by atoms with van der Waals surface area (Å²) in [5.74, 6) is 0.897. The van der Waals surface area contributed by atoms with Gasteiger partial charge in [0.15, 0.2) is 0 Å². The van der Waals surface area contributed by atoms with E-state index in [1.165, 1.54) is 0 Å². The highest BCUT2D eigenvalue weighted by molar-refractivity contribution is 5.88. The molecule has 3 rings (SSSR count). The molecule has 2 heteroatoms. The Morgan fingerprint density at radius 2 is 2.00 bits per heavy atom. The van der Waals surface area contributed by atoms with E-state index in [0.717, 1.165) is 12.1 Å². The minimum Gasteiger partial charge on any atom is -0.309 e. The highest BCUT2D eigenvalue weighted by Crippen LogP contribution is 2.35. The first-order valence-corrected chi connectivity index (χ1v) is 5.21. The second kappa shape index (κ2) is 2.92. The van der Waals surface area contributed by atoms with Gasteiger partial charge in [0, 0.05) is 36.1 Å². The first-order chi connectivity index (χ1) is 6.86. The van der Waals surface area contributed by atoms with Gasteiger partial charge in [-0.2, -0.15) is 0 Å². The Kier molecular flexibility index (Phi) is 1.71. The molecule has 4 atom stereocenters. The summed E-state index contributed by atoms with van der Waals surface area (Å²) in [4.78, 5) is 0. The molecule has 1 fully saturated rings. The van der Waals surface area contributed by atoms with E-state index >= 15 is 0 Å². The fourth-order valence-corrected chi connectivity index (χ4v) is 2.80. The van der Waals surface area contributed by atoms with Crippen molar-refractivity contribution in [2.45, 2.75) is 18.5 Å². The molecule has 2 N–H and O–H groups in total. The molecule has 0 saturated carbocycles. The van der Waals surface area contributed by atoms with Gasteiger partial charge in [0.05, 0.1) is 0 Å². The molecule has 1 aliphatic heterocycles. The third kappa shape index (κ3) is 1.04. The van der Waals surface area contributed by atoms with Crippen molar-refractivity contribution in [3.63, 3.8) is 0 Å². The molecular formula is C12H14N2. The Bertz CT molecular complexity index is 351. The quantitative estimate of drug-likeness (QED) is 0.555. The van der Waals surface area contributed by atoms with Crippen molar-refractivity contribution < 1.29 is 0 Å². The zero-order chi connectivity index (χ0) is 9.54. The summed E-state index contributed by atoms with van der Waals surface area (Å²) in [5.41, 5.74) is 0.887. The van der Waals surface area contributed by atoms with Crippen LogP contribution >= 0.6 is 0 Å². The SMILES string of the molecule is N=C1CC=CC2NC3C=CC=CC3C12. The molecular weight excluding hydrogens is 172 g/mol. The molecule has 2 aliphatic carbocycles. The van der Waals surface area contributed by atoms with Crippen LogP contribution in [0, 0.1) is 17.2 Å². The van der Waals surface area contributed by atoms with Gasteiger partial charge < -0.3 is 10.7 Å². The van der Waals surface area contributed by atoms with E-state index in [-0.39, 0.29) is 0 Å². The van der Waals surface area contributed by atoms with Crippen molar-refractivity contribution in [3.05, 3.63) is 36.5 Å². The standard InChI is InChI=1S/C12H14N2/c13-9-5-3-7-11-12(9)8-4-1-2-6-10(8)14-11/h1-4,6-8,10-14H,5H2. The van der Waals surface area contributed by atoms with Crippen LogP contribution in [0.4, 0.5) is 0 Å². The summed E-state index contributed by atoms with van der Waals surface area (Å²) in [6.07, 6.45) is 13.8. The lowest BCUT2D eigenvalue weighted by atomic mass is 9.78. The highest BCUT2D eigenvalue weighted by Gasteiger charge is 2.42. The summed E-state index contributed by atoms with van der Waals surface area (Å²) in [6.45, 7) is 0. The molecule has 72 valence electrons. The molecule has 0 amide bonds. The van der Waals surface area contributed by atoms with Crippen LogP contribution in [0.5, 0.6) is 0 Å². The number of hydrogen-bond donors (Lipinski definition) is 2. The van der Waals surface area contributed by atoms with Crippen LogP contribution in [0.3, 0.4) is 0 Å². The van der Waals surface area contributed by atoms with E-state index in [9.17, 15) is 0 Å². The average molecular weight is 186 g/mol. The van der Waals surface area contributed by atoms with Crippen LogP contribution in [0.1, 0.15) is 6.42 Å². The summed E-state index contributed by atoms with van der Waals surface area (Å²) in [5, 5.41) is 11.5. The Labute approximate surface area is 83.9 Å². The number of allylic oxidation sites excluding steroid dienone is 3. The Hall–Kier alpha value is -1.15. The van der Waals surface area contributed by atoms with E-state index in [2.05, 4.69) is 41.8 Å². The first kappa shape index (κ1) is 8.18. The van der Waals surface area contributed by atoms with Crippen LogP contribution < -0.4 is 5.32 Å². The topological polar surface area (TPSA) is 35.9 Å². The number of hydrogen-bond acceptors (Lipinski definition) is 2. The van der Waals surface area contributed by atoms with E-state index in [0.29, 0.717) is 23.9 Å². The summed E-state index contributed by atoms with van der Waals surface area (Å²) < 4.78 is 0. The highest BCUT2D eigenvalue weighted by atomic mass is 15.0. The lowest BCUT2D eigenvalue weighted by Gasteiger charge is -2.25. The summed E-state index contributed by atoms with van der Waals surface area (Å²) in [7, 11) is 0. The predicted molar refractivity (Wildman–Crippen MR) is 57.5 cm³/mol. The molecule has 3 aliphatic rings. The molecule has 0 bridgehead atoms. The van der Waals surface area contributed by atoms with Crippen molar-refractivity contribution in [2.24, 2.45) is 11.8 Å². The van der Waals surface area contributed by atoms with Crippen LogP contribution in [-0.2, 0) is 0 Å². The molecule has 14 heavy (non-hydrogen) atoms. The van der Waals surface area contributed by atoms with Crippen molar-refractivity contribution in [1.29, 1.82) is 5.41 Å². The van der Waals surface area contributed by atoms with Crippen LogP contribution in [0.25, 0.3) is 0 Å². The van der Waals surface area contributed by atoms with Gasteiger partial charge in [-0.05, 0) is 0 Å². The van der Waals surface area contributed by atoms with Gasteiger partial charge in [-0.1, -0.05) is 36.5 Å². The Morgan fingerprint density at radius 1 is 1.14 bits per heavy atom. The van der Waals surface area contributed by atoms with Crippen LogP contribution in [0.15, 0.2) is 36.5 Å². The Balaban J connectivity index is 1.97. The maximum absolute atomic E-state index is 7.99. The minimum atomic E-state index is 0.388. The monoisotopic (exact) mass is 186 g/mol. The van der Waals surface area contributed by atoms with E-state index in [1.807, 2.05) is 0 Å². The maximum atomic E-state index is 7.99. The molecule has 1 heterocycles. The fraction of sp³-hybridized carbons (Fsp3) is 0.417. The minimum absolute atomic E-state index is 0.388. The lowest BCUT2D eigenvalue weighted by molar-refractivity contribution is 0.546. The van der Waals surface area contributed by atoms with E-state index in [1.54, 1.807) is 0 Å². The molecule has 1 saturated heterocycles. The third-order valence-electron chi connectivity index (χ3n) is 3.45. The number of rotatable bonds is 0. The largest absolute Gasteiger partial charge is 0.309 e. The number of nitrogens with one attached hydrogen (secondary N) is 2. The van der Waals surface area contributed by atoms with E-state index in [4.69, 9.17) is 5.41 Å². The van der Waals surface area contributed by atoms with Crippen molar-refractivity contribution in [1.82, 2.24) is 5.32 Å². The molecule has 4 unspecified atom stereocenters. The van der Waals surface area contributed by atoms with Gasteiger partial charge in [-0.15, -0.1) is 0 Å². The summed E-state index contributed by atoms with van der Waals surface area (Å²) in [6, 6.07) is 0.830. The maximum Gasteiger partial charge on any atom is 0.0342 e. The van der Waals surface area contributed by atoms with Gasteiger partial charge in [-0.25, -0.2) is 0 Å². The average Bonchev–Trinajstić information content (AvgIpc) is 2.57.